The largest absolute Gasteiger partial charge is 0.489 e. The van der Waals surface area contributed by atoms with Gasteiger partial charge in [-0.15, -0.1) is 0 Å². The summed E-state index contributed by atoms with van der Waals surface area (Å²) in [5, 5.41) is 23.3. The number of aliphatic hydroxyl groups is 1. The van der Waals surface area contributed by atoms with Crippen molar-refractivity contribution in [2.45, 2.75) is 57.3 Å². The quantitative estimate of drug-likeness (QED) is 0.258. The normalized spacial score (nSPS) is 21.1. The third kappa shape index (κ3) is 7.14. The lowest BCUT2D eigenvalue weighted by Crippen LogP contribution is -2.41. The van der Waals surface area contributed by atoms with E-state index in [1.54, 1.807) is 26.0 Å². The van der Waals surface area contributed by atoms with E-state index in [1.807, 2.05) is 0 Å². The third-order valence-corrected chi connectivity index (χ3v) is 5.62. The molecule has 0 aromatic heterocycles. The molecule has 0 atom stereocenters. The van der Waals surface area contributed by atoms with E-state index >= 15 is 0 Å². The van der Waals surface area contributed by atoms with Crippen molar-refractivity contribution in [3.8, 4) is 5.75 Å². The van der Waals surface area contributed by atoms with E-state index in [9.17, 15) is 23.5 Å². The molecule has 36 heavy (non-hydrogen) atoms. The van der Waals surface area contributed by atoms with Crippen molar-refractivity contribution in [1.82, 2.24) is 10.6 Å². The second-order valence-corrected chi connectivity index (χ2v) is 9.29. The van der Waals surface area contributed by atoms with Crippen LogP contribution in [0.2, 0.25) is 0 Å². The smallest absolute Gasteiger partial charge is 0.255 e. The molecule has 9 nitrogen and oxygen atoms in total. The predicted molar refractivity (Wildman–Crippen MR) is 128 cm³/mol. The van der Waals surface area contributed by atoms with Crippen LogP contribution in [0.25, 0.3) is 0 Å². The summed E-state index contributed by atoms with van der Waals surface area (Å²) in [6, 6.07) is 1.27. The number of rotatable bonds is 9. The molecule has 2 amide bonds. The second kappa shape index (κ2) is 11.3. The highest BCUT2D eigenvalue weighted by atomic mass is 19.1. The number of allylic oxidation sites excluding steroid dienone is 2. The summed E-state index contributed by atoms with van der Waals surface area (Å²) >= 11 is 0. The van der Waals surface area contributed by atoms with Gasteiger partial charge in [0.1, 0.15) is 18.2 Å². The number of carbonyl (C=O) groups is 2. The van der Waals surface area contributed by atoms with Crippen LogP contribution in [0.15, 0.2) is 47.5 Å². The summed E-state index contributed by atoms with van der Waals surface area (Å²) in [5.41, 5.74) is 4.41. The van der Waals surface area contributed by atoms with E-state index in [2.05, 4.69) is 10.6 Å². The maximum atomic E-state index is 14.2. The number of ether oxygens (including phenoxy) is 2. The number of nitrogens with two attached hydrogens (primary N) is 1. The average molecular weight is 505 g/mol. The van der Waals surface area contributed by atoms with Gasteiger partial charge in [0.05, 0.1) is 28.5 Å². The highest BCUT2D eigenvalue weighted by molar-refractivity contribution is 6.12. The van der Waals surface area contributed by atoms with Crippen LogP contribution in [0.4, 0.5) is 8.78 Å². The molecule has 1 aromatic rings. The fourth-order valence-corrected chi connectivity index (χ4v) is 3.81. The van der Waals surface area contributed by atoms with Crippen LogP contribution in [-0.2, 0) is 9.53 Å². The van der Waals surface area contributed by atoms with Gasteiger partial charge < -0.3 is 36.4 Å². The Balaban J connectivity index is 1.56. The van der Waals surface area contributed by atoms with Crippen LogP contribution in [-0.4, -0.2) is 47.5 Å². The number of primary amides is 1. The minimum absolute atomic E-state index is 0.0891. The van der Waals surface area contributed by atoms with Crippen LogP contribution in [0.5, 0.6) is 5.75 Å². The van der Waals surface area contributed by atoms with Crippen LogP contribution >= 0.6 is 0 Å². The lowest BCUT2D eigenvalue weighted by molar-refractivity contribution is -0.118. The summed E-state index contributed by atoms with van der Waals surface area (Å²) in [4.78, 5) is 24.4. The number of nitrogens with one attached hydrogen (secondary N) is 3. The molecular formula is C25H30F2N4O5. The molecule has 1 heterocycles. The maximum Gasteiger partial charge on any atom is 0.255 e. The Hall–Kier alpha value is -3.73. The van der Waals surface area contributed by atoms with Crippen LogP contribution in [0.1, 0.15) is 49.9 Å². The molecule has 0 unspecified atom stereocenters. The van der Waals surface area contributed by atoms with E-state index in [-0.39, 0.29) is 29.5 Å². The Morgan fingerprint density at radius 2 is 1.94 bits per heavy atom. The molecule has 1 saturated carbocycles. The zero-order valence-electron chi connectivity index (χ0n) is 20.1. The van der Waals surface area contributed by atoms with E-state index in [1.165, 1.54) is 6.20 Å². The first kappa shape index (κ1) is 26.9. The van der Waals surface area contributed by atoms with Gasteiger partial charge in [-0.25, -0.2) is 8.78 Å². The minimum Gasteiger partial charge on any atom is -0.489 e. The van der Waals surface area contributed by atoms with Gasteiger partial charge in [-0.1, -0.05) is 0 Å². The van der Waals surface area contributed by atoms with Gasteiger partial charge in [0.2, 0.25) is 0 Å². The Labute approximate surface area is 207 Å². The Kier molecular flexibility index (Phi) is 8.46. The van der Waals surface area contributed by atoms with Gasteiger partial charge >= 0.3 is 0 Å². The van der Waals surface area contributed by atoms with E-state index in [0.717, 1.165) is 12.3 Å². The topological polar surface area (TPSA) is 147 Å². The summed E-state index contributed by atoms with van der Waals surface area (Å²) < 4.78 is 38.8. The van der Waals surface area contributed by atoms with E-state index in [4.69, 9.17) is 20.6 Å². The lowest BCUT2D eigenvalue weighted by Gasteiger charge is -2.30. The summed E-state index contributed by atoms with van der Waals surface area (Å²) in [5.74, 6) is -3.25. The van der Waals surface area contributed by atoms with Crippen molar-refractivity contribution in [1.29, 1.82) is 5.41 Å². The van der Waals surface area contributed by atoms with Crippen LogP contribution in [0, 0.1) is 17.0 Å². The van der Waals surface area contributed by atoms with Gasteiger partial charge in [0.15, 0.2) is 11.6 Å². The molecule has 2 aliphatic rings. The van der Waals surface area contributed by atoms with Crippen molar-refractivity contribution in [2.24, 2.45) is 5.73 Å². The van der Waals surface area contributed by atoms with Gasteiger partial charge in [-0.3, -0.25) is 9.59 Å². The van der Waals surface area contributed by atoms with E-state index in [0.29, 0.717) is 43.2 Å². The second-order valence-electron chi connectivity index (χ2n) is 9.29. The fourth-order valence-electron chi connectivity index (χ4n) is 3.81. The molecule has 11 heteroatoms. The molecule has 6 N–H and O–H groups in total. The molecule has 0 radical (unpaired) electrons. The number of halogens is 2. The first-order chi connectivity index (χ1) is 17.0. The van der Waals surface area contributed by atoms with Crippen molar-refractivity contribution in [3.05, 3.63) is 64.7 Å². The van der Waals surface area contributed by atoms with E-state index < -0.39 is 35.2 Å². The predicted octanol–water partition coefficient (Wildman–Crippen LogP) is 2.56. The third-order valence-electron chi connectivity index (χ3n) is 5.62. The van der Waals surface area contributed by atoms with Crippen molar-refractivity contribution in [3.63, 3.8) is 0 Å². The molecule has 1 aromatic carbocycles. The number of hydrogen-bond donors (Lipinski definition) is 5. The zero-order valence-corrected chi connectivity index (χ0v) is 20.1. The molecule has 3 rings (SSSR count). The molecule has 1 aliphatic heterocycles. The molecular weight excluding hydrogens is 474 g/mol. The summed E-state index contributed by atoms with van der Waals surface area (Å²) in [7, 11) is 0. The number of amides is 2. The number of carbonyl (C=O) groups excluding carboxylic acids is 2. The highest BCUT2D eigenvalue weighted by Gasteiger charge is 2.27. The summed E-state index contributed by atoms with van der Waals surface area (Å²) in [6.07, 6.45) is 7.24. The first-order valence-corrected chi connectivity index (χ1v) is 11.5. The fraction of sp³-hybridized carbons (Fsp3) is 0.400. The zero-order chi connectivity index (χ0) is 26.5. The van der Waals surface area contributed by atoms with Crippen molar-refractivity contribution >= 4 is 18.0 Å². The molecule has 0 bridgehead atoms. The van der Waals surface area contributed by atoms with Crippen LogP contribution in [0.3, 0.4) is 0 Å². The molecule has 0 saturated heterocycles. The van der Waals surface area contributed by atoms with Crippen LogP contribution < -0.4 is 21.1 Å². The first-order valence-electron chi connectivity index (χ1n) is 11.5. The standard InChI is InChI=1S/C25H30F2N4O5/c1-25(2,34)13-35-17-7-8-21(30-12-17)19(11-28)24(33)31-15-3-5-16(6-4-15)36-22-18(23(29)32)9-14(26)10-20(22)27/h7-12,15-16,28,30,34H,3-6,13H2,1-2H3,(H2,29,32)(H,31,33)/b21-19+,28-11?. The maximum absolute atomic E-state index is 14.2. The van der Waals surface area contributed by atoms with Gasteiger partial charge in [0, 0.05) is 24.5 Å². The van der Waals surface area contributed by atoms with Crippen molar-refractivity contribution < 1.29 is 33.0 Å². The Morgan fingerprint density at radius 3 is 2.50 bits per heavy atom. The van der Waals surface area contributed by atoms with Gasteiger partial charge in [-0.05, 0) is 57.7 Å². The molecule has 1 fully saturated rings. The Morgan fingerprint density at radius 1 is 1.25 bits per heavy atom. The monoisotopic (exact) mass is 504 g/mol. The number of hydrogen-bond acceptors (Lipinski definition) is 7. The highest BCUT2D eigenvalue weighted by Crippen LogP contribution is 2.29. The lowest BCUT2D eigenvalue weighted by atomic mass is 9.92. The molecule has 0 spiro atoms. The number of dihydropyridines is 1. The average Bonchev–Trinajstić information content (AvgIpc) is 2.81. The molecule has 1 aliphatic carbocycles. The number of benzene rings is 1. The summed E-state index contributed by atoms with van der Waals surface area (Å²) in [6.45, 7) is 3.33. The Bertz CT molecular complexity index is 1120. The SMILES string of the molecule is CC(C)(O)COC1=CN/C(=C(\C=N)C(=O)NC2CCC(Oc3c(F)cc(F)cc3C(N)=O)CC2)C=C1. The molecule has 194 valence electrons. The van der Waals surface area contributed by atoms with Gasteiger partial charge in [-0.2, -0.15) is 0 Å². The van der Waals surface area contributed by atoms with Crippen molar-refractivity contribution in [2.75, 3.05) is 6.61 Å². The van der Waals surface area contributed by atoms with Gasteiger partial charge in [0.25, 0.3) is 11.8 Å². The minimum atomic E-state index is -1.00.